The van der Waals surface area contributed by atoms with E-state index in [1.54, 1.807) is 0 Å². The standard InChI is InChI=1S/C11H8F6O/c12-10(13,14)9(18,11(15,16)17)8-6-4-2-1-3-5-7-8/h5-7,18H,2,4H2. The molecule has 0 amide bonds. The van der Waals surface area contributed by atoms with Crippen molar-refractivity contribution in [2.24, 2.45) is 0 Å². The van der Waals surface area contributed by atoms with Crippen molar-refractivity contribution in [3.63, 3.8) is 0 Å². The monoisotopic (exact) mass is 270 g/mol. The number of halogens is 6. The Morgan fingerprint density at radius 3 is 2.11 bits per heavy atom. The molecular weight excluding hydrogens is 262 g/mol. The largest absolute Gasteiger partial charge is 0.430 e. The summed E-state index contributed by atoms with van der Waals surface area (Å²) < 4.78 is 75.2. The molecule has 0 atom stereocenters. The second-order valence-corrected chi connectivity index (χ2v) is 3.56. The fourth-order valence-corrected chi connectivity index (χ4v) is 1.39. The van der Waals surface area contributed by atoms with Gasteiger partial charge in [0.2, 0.25) is 0 Å². The highest BCUT2D eigenvalue weighted by Gasteiger charge is 2.71. The minimum atomic E-state index is -5.85. The molecular formula is C11H8F6O. The molecule has 1 nitrogen and oxygen atoms in total. The lowest BCUT2D eigenvalue weighted by atomic mass is 9.90. The summed E-state index contributed by atoms with van der Waals surface area (Å²) in [6, 6.07) is 0. The molecule has 0 unspecified atom stereocenters. The Labute approximate surface area is 98.8 Å². The Balaban J connectivity index is 3.34. The third-order valence-electron chi connectivity index (χ3n) is 2.32. The van der Waals surface area contributed by atoms with Gasteiger partial charge in [0, 0.05) is 6.42 Å². The molecule has 18 heavy (non-hydrogen) atoms. The highest BCUT2D eigenvalue weighted by atomic mass is 19.4. The van der Waals surface area contributed by atoms with Gasteiger partial charge in [0.05, 0.1) is 0 Å². The first-order valence-corrected chi connectivity index (χ1v) is 4.82. The molecule has 0 saturated carbocycles. The van der Waals surface area contributed by atoms with Gasteiger partial charge in [-0.2, -0.15) is 26.3 Å². The van der Waals surface area contributed by atoms with Crippen LogP contribution in [0, 0.1) is 11.8 Å². The maximum atomic E-state index is 12.5. The lowest BCUT2D eigenvalue weighted by Gasteiger charge is -2.33. The summed E-state index contributed by atoms with van der Waals surface area (Å²) >= 11 is 0. The zero-order chi connectivity index (χ0) is 14.0. The molecule has 0 bridgehead atoms. The van der Waals surface area contributed by atoms with Gasteiger partial charge in [0.1, 0.15) is 0 Å². The predicted octanol–water partition coefficient (Wildman–Crippen LogP) is 3.12. The van der Waals surface area contributed by atoms with Crippen LogP contribution < -0.4 is 0 Å². The van der Waals surface area contributed by atoms with Gasteiger partial charge in [0.25, 0.3) is 5.60 Å². The molecule has 0 aromatic carbocycles. The summed E-state index contributed by atoms with van der Waals surface area (Å²) in [6.07, 6.45) is -9.59. The maximum absolute atomic E-state index is 12.5. The van der Waals surface area contributed by atoms with Crippen molar-refractivity contribution >= 4 is 0 Å². The summed E-state index contributed by atoms with van der Waals surface area (Å²) in [5.41, 5.74) is -6.12. The lowest BCUT2D eigenvalue weighted by molar-refractivity contribution is -0.351. The van der Waals surface area contributed by atoms with Crippen LogP contribution in [-0.2, 0) is 0 Å². The van der Waals surface area contributed by atoms with Crippen LogP contribution in [0.2, 0.25) is 0 Å². The number of rotatable bonds is 1. The van der Waals surface area contributed by atoms with Crippen LogP contribution in [0.4, 0.5) is 26.3 Å². The first kappa shape index (κ1) is 14.6. The Morgan fingerprint density at radius 2 is 1.61 bits per heavy atom. The zero-order valence-corrected chi connectivity index (χ0v) is 8.86. The van der Waals surface area contributed by atoms with Crippen molar-refractivity contribution in [3.8, 4) is 11.8 Å². The van der Waals surface area contributed by atoms with Gasteiger partial charge in [-0.15, -0.1) is 0 Å². The molecule has 1 rings (SSSR count). The molecule has 0 aromatic heterocycles. The van der Waals surface area contributed by atoms with Gasteiger partial charge in [0.15, 0.2) is 0 Å². The van der Waals surface area contributed by atoms with Crippen LogP contribution >= 0.6 is 0 Å². The van der Waals surface area contributed by atoms with E-state index in [0.717, 1.165) is 6.08 Å². The van der Waals surface area contributed by atoms with E-state index in [1.807, 2.05) is 0 Å². The van der Waals surface area contributed by atoms with E-state index in [0.29, 0.717) is 12.2 Å². The molecule has 0 radical (unpaired) electrons. The average molecular weight is 270 g/mol. The van der Waals surface area contributed by atoms with Crippen LogP contribution in [0.25, 0.3) is 0 Å². The predicted molar refractivity (Wildman–Crippen MR) is 51.3 cm³/mol. The third kappa shape index (κ3) is 2.53. The van der Waals surface area contributed by atoms with Gasteiger partial charge in [-0.3, -0.25) is 0 Å². The summed E-state index contributed by atoms with van der Waals surface area (Å²) in [6.45, 7) is 0. The van der Waals surface area contributed by atoms with E-state index in [2.05, 4.69) is 11.8 Å². The number of aliphatic hydroxyl groups is 1. The fourth-order valence-electron chi connectivity index (χ4n) is 1.39. The molecule has 0 fully saturated rings. The average Bonchev–Trinajstić information content (AvgIpc) is 2.12. The molecule has 0 spiro atoms. The Morgan fingerprint density at radius 1 is 1.06 bits per heavy atom. The van der Waals surface area contributed by atoms with Gasteiger partial charge < -0.3 is 5.11 Å². The Hall–Kier alpha value is -1.42. The highest BCUT2D eigenvalue weighted by Crippen LogP contribution is 2.48. The van der Waals surface area contributed by atoms with Crippen molar-refractivity contribution in [2.75, 3.05) is 0 Å². The van der Waals surface area contributed by atoms with Gasteiger partial charge >= 0.3 is 12.4 Å². The Kier molecular flexibility index (Phi) is 3.81. The first-order chi connectivity index (χ1) is 8.11. The maximum Gasteiger partial charge on any atom is 0.430 e. The van der Waals surface area contributed by atoms with Crippen LogP contribution in [0.1, 0.15) is 12.8 Å². The lowest BCUT2D eigenvalue weighted by Crippen LogP contribution is -2.57. The molecule has 0 saturated heterocycles. The topological polar surface area (TPSA) is 20.2 Å². The van der Waals surface area contributed by atoms with Gasteiger partial charge in [-0.1, -0.05) is 17.9 Å². The molecule has 1 N–H and O–H groups in total. The smallest absolute Gasteiger partial charge is 0.370 e. The van der Waals surface area contributed by atoms with Crippen molar-refractivity contribution in [1.82, 2.24) is 0 Å². The second-order valence-electron chi connectivity index (χ2n) is 3.56. The summed E-state index contributed by atoms with van der Waals surface area (Å²) in [5, 5.41) is 9.11. The second kappa shape index (κ2) is 4.69. The SMILES string of the molecule is OC(C1=CCCC#CC=C1)(C(F)(F)F)C(F)(F)F. The molecule has 1 aliphatic carbocycles. The molecule has 0 aromatic rings. The quantitative estimate of drug-likeness (QED) is 0.573. The van der Waals surface area contributed by atoms with E-state index >= 15 is 0 Å². The normalized spacial score (nSPS) is 17.4. The number of hydrogen-bond donors (Lipinski definition) is 1. The highest BCUT2D eigenvalue weighted by molar-refractivity contribution is 5.37. The first-order valence-electron chi connectivity index (χ1n) is 4.82. The van der Waals surface area contributed by atoms with E-state index < -0.39 is 23.5 Å². The van der Waals surface area contributed by atoms with E-state index in [4.69, 9.17) is 5.11 Å². The van der Waals surface area contributed by atoms with Crippen LogP contribution in [0.3, 0.4) is 0 Å². The van der Waals surface area contributed by atoms with Crippen LogP contribution in [0.15, 0.2) is 23.8 Å². The van der Waals surface area contributed by atoms with Crippen molar-refractivity contribution in [1.29, 1.82) is 0 Å². The minimum Gasteiger partial charge on any atom is -0.370 e. The van der Waals surface area contributed by atoms with E-state index in [-0.39, 0.29) is 12.8 Å². The third-order valence-corrected chi connectivity index (χ3v) is 2.32. The van der Waals surface area contributed by atoms with Crippen LogP contribution in [-0.4, -0.2) is 23.1 Å². The van der Waals surface area contributed by atoms with Gasteiger partial charge in [-0.25, -0.2) is 0 Å². The number of alkyl halides is 6. The number of allylic oxidation sites excluding steroid dienone is 2. The molecule has 1 aliphatic rings. The van der Waals surface area contributed by atoms with Crippen molar-refractivity contribution in [2.45, 2.75) is 30.8 Å². The molecule has 0 heterocycles. The molecule has 100 valence electrons. The number of hydrogen-bond acceptors (Lipinski definition) is 1. The molecule has 7 heteroatoms. The Bertz CT molecular complexity index is 415. The van der Waals surface area contributed by atoms with Crippen molar-refractivity contribution in [3.05, 3.63) is 23.8 Å². The summed E-state index contributed by atoms with van der Waals surface area (Å²) in [4.78, 5) is 0. The van der Waals surface area contributed by atoms with Crippen molar-refractivity contribution < 1.29 is 31.4 Å². The fraction of sp³-hybridized carbons (Fsp3) is 0.455. The summed E-state index contributed by atoms with van der Waals surface area (Å²) in [7, 11) is 0. The van der Waals surface area contributed by atoms with E-state index in [1.165, 1.54) is 0 Å². The van der Waals surface area contributed by atoms with E-state index in [9.17, 15) is 26.3 Å². The van der Waals surface area contributed by atoms with Gasteiger partial charge in [-0.05, 0) is 24.1 Å². The van der Waals surface area contributed by atoms with Crippen LogP contribution in [0.5, 0.6) is 0 Å². The summed E-state index contributed by atoms with van der Waals surface area (Å²) in [5.74, 6) is 4.79. The molecule has 0 aliphatic heterocycles. The minimum absolute atomic E-state index is 0.0961. The zero-order valence-electron chi connectivity index (χ0n) is 8.86.